The number of carbonyl (C=O) groups is 1. The summed E-state index contributed by atoms with van der Waals surface area (Å²) in [5.41, 5.74) is 1.28. The minimum absolute atomic E-state index is 0.0207. The van der Waals surface area contributed by atoms with Crippen LogP contribution in [-0.2, 0) is 13.1 Å². The average Bonchev–Trinajstić information content (AvgIpc) is 3.07. The van der Waals surface area contributed by atoms with Crippen LogP contribution in [0.1, 0.15) is 24.2 Å². The molecule has 4 heterocycles. The van der Waals surface area contributed by atoms with Gasteiger partial charge in [-0.1, -0.05) is 12.1 Å². The summed E-state index contributed by atoms with van der Waals surface area (Å²) in [5, 5.41) is 3.01. The van der Waals surface area contributed by atoms with E-state index in [1.165, 1.54) is 12.0 Å². The number of rotatable bonds is 5. The number of piperidine rings is 1. The van der Waals surface area contributed by atoms with Gasteiger partial charge >= 0.3 is 6.03 Å². The molecule has 2 amide bonds. The summed E-state index contributed by atoms with van der Waals surface area (Å²) < 4.78 is 10.5. The molecule has 144 valence electrons. The first-order chi connectivity index (χ1) is 13.2. The van der Waals surface area contributed by atoms with E-state index in [4.69, 9.17) is 9.15 Å². The molecule has 3 fully saturated rings. The Morgan fingerprint density at radius 3 is 2.78 bits per heavy atom. The number of urea groups is 1. The smallest absolute Gasteiger partial charge is 0.318 e. The highest BCUT2D eigenvalue weighted by atomic mass is 16.5. The fraction of sp³-hybridized carbons (Fsp3) is 0.476. The van der Waals surface area contributed by atoms with Gasteiger partial charge in [0.05, 0.1) is 19.9 Å². The van der Waals surface area contributed by atoms with E-state index in [1.54, 1.807) is 13.4 Å². The van der Waals surface area contributed by atoms with Crippen LogP contribution in [0.4, 0.5) is 4.79 Å². The van der Waals surface area contributed by atoms with Crippen molar-refractivity contribution >= 4 is 6.03 Å². The molecule has 27 heavy (non-hydrogen) atoms. The molecule has 6 heteroatoms. The Morgan fingerprint density at radius 1 is 1.19 bits per heavy atom. The lowest BCUT2D eigenvalue weighted by Crippen LogP contribution is -2.51. The Hall–Kier alpha value is -2.47. The number of amides is 2. The maximum Gasteiger partial charge on any atom is 0.318 e. The van der Waals surface area contributed by atoms with Crippen molar-refractivity contribution in [3.05, 3.63) is 54.0 Å². The largest absolute Gasteiger partial charge is 0.497 e. The maximum atomic E-state index is 12.7. The number of nitrogens with zero attached hydrogens (tertiary/aromatic N) is 2. The molecular formula is C21H27N3O3. The number of fused-ring (bicyclic) bond motifs is 4. The van der Waals surface area contributed by atoms with Crippen molar-refractivity contribution in [3.63, 3.8) is 0 Å². The third-order valence-electron chi connectivity index (χ3n) is 5.61. The van der Waals surface area contributed by atoms with Crippen LogP contribution >= 0.6 is 0 Å². The molecule has 2 aromatic rings. The normalized spacial score (nSPS) is 22.5. The molecule has 0 spiro atoms. The van der Waals surface area contributed by atoms with Gasteiger partial charge < -0.3 is 19.4 Å². The first-order valence-electron chi connectivity index (χ1n) is 9.63. The predicted molar refractivity (Wildman–Crippen MR) is 102 cm³/mol. The van der Waals surface area contributed by atoms with Crippen molar-refractivity contribution in [1.82, 2.24) is 15.1 Å². The highest BCUT2D eigenvalue weighted by Crippen LogP contribution is 2.29. The summed E-state index contributed by atoms with van der Waals surface area (Å²) in [4.78, 5) is 17.2. The summed E-state index contributed by atoms with van der Waals surface area (Å²) in [7, 11) is 1.69. The second-order valence-corrected chi connectivity index (χ2v) is 7.53. The number of methoxy groups -OCH3 is 1. The van der Waals surface area contributed by atoms with Crippen molar-refractivity contribution < 1.29 is 13.9 Å². The van der Waals surface area contributed by atoms with Gasteiger partial charge in [0.1, 0.15) is 11.5 Å². The number of ether oxygens (including phenoxy) is 1. The summed E-state index contributed by atoms with van der Waals surface area (Å²) in [5.74, 6) is 2.20. The van der Waals surface area contributed by atoms with Crippen LogP contribution in [0.5, 0.6) is 5.75 Å². The van der Waals surface area contributed by atoms with Gasteiger partial charge in [-0.15, -0.1) is 0 Å². The monoisotopic (exact) mass is 369 g/mol. The summed E-state index contributed by atoms with van der Waals surface area (Å²) in [6.07, 6.45) is 3.91. The second-order valence-electron chi connectivity index (χ2n) is 7.53. The lowest BCUT2D eigenvalue weighted by atomic mass is 9.95. The number of benzene rings is 1. The van der Waals surface area contributed by atoms with Crippen LogP contribution in [0.25, 0.3) is 0 Å². The van der Waals surface area contributed by atoms with E-state index in [0.29, 0.717) is 12.5 Å². The molecular weight excluding hydrogens is 342 g/mol. The quantitative estimate of drug-likeness (QED) is 0.880. The van der Waals surface area contributed by atoms with Gasteiger partial charge in [0.25, 0.3) is 0 Å². The zero-order chi connectivity index (χ0) is 18.6. The molecule has 6 nitrogen and oxygen atoms in total. The lowest BCUT2D eigenvalue weighted by Gasteiger charge is -2.36. The molecule has 3 aliphatic rings. The lowest BCUT2D eigenvalue weighted by molar-refractivity contribution is 0.139. The third-order valence-corrected chi connectivity index (χ3v) is 5.61. The molecule has 3 saturated heterocycles. The Balaban J connectivity index is 1.36. The summed E-state index contributed by atoms with van der Waals surface area (Å²) in [6, 6.07) is 12.3. The molecule has 3 aliphatic heterocycles. The molecule has 1 aromatic carbocycles. The van der Waals surface area contributed by atoms with Crippen molar-refractivity contribution in [2.24, 2.45) is 5.92 Å². The fourth-order valence-electron chi connectivity index (χ4n) is 4.22. The van der Waals surface area contributed by atoms with E-state index in [9.17, 15) is 4.79 Å². The Morgan fingerprint density at radius 2 is 2.04 bits per heavy atom. The van der Waals surface area contributed by atoms with Crippen molar-refractivity contribution in [2.45, 2.75) is 32.0 Å². The topological polar surface area (TPSA) is 58.0 Å². The highest BCUT2D eigenvalue weighted by Gasteiger charge is 2.37. The number of furan rings is 1. The van der Waals surface area contributed by atoms with E-state index in [-0.39, 0.29) is 12.1 Å². The second kappa shape index (κ2) is 8.05. The highest BCUT2D eigenvalue weighted by molar-refractivity contribution is 5.74. The average molecular weight is 369 g/mol. The first-order valence-corrected chi connectivity index (χ1v) is 9.63. The number of carbonyl (C=O) groups excluding carboxylic acids is 1. The Bertz CT molecular complexity index is 745. The Kier molecular flexibility index (Phi) is 5.34. The van der Waals surface area contributed by atoms with Gasteiger partial charge in [-0.25, -0.2) is 4.79 Å². The van der Waals surface area contributed by atoms with Crippen LogP contribution in [0.15, 0.2) is 47.1 Å². The number of hydrogen-bond acceptors (Lipinski definition) is 4. The van der Waals surface area contributed by atoms with E-state index in [1.807, 2.05) is 29.2 Å². The zero-order valence-electron chi connectivity index (χ0n) is 15.8. The van der Waals surface area contributed by atoms with Crippen molar-refractivity contribution in [1.29, 1.82) is 0 Å². The molecule has 5 rings (SSSR count). The first kappa shape index (κ1) is 17.9. The predicted octanol–water partition coefficient (Wildman–Crippen LogP) is 3.09. The van der Waals surface area contributed by atoms with E-state index in [0.717, 1.165) is 44.1 Å². The molecule has 2 atom stereocenters. The molecule has 0 radical (unpaired) electrons. The van der Waals surface area contributed by atoms with Crippen molar-refractivity contribution in [3.8, 4) is 5.75 Å². The Labute approximate surface area is 160 Å². The zero-order valence-corrected chi connectivity index (χ0v) is 15.8. The van der Waals surface area contributed by atoms with E-state index in [2.05, 4.69) is 22.3 Å². The van der Waals surface area contributed by atoms with Crippen LogP contribution in [0.3, 0.4) is 0 Å². The molecule has 2 bridgehead atoms. The number of nitrogens with one attached hydrogen (secondary N) is 1. The third kappa shape index (κ3) is 4.27. The molecule has 0 unspecified atom stereocenters. The van der Waals surface area contributed by atoms with Gasteiger partial charge in [0.15, 0.2) is 0 Å². The fourth-order valence-corrected chi connectivity index (χ4v) is 4.22. The minimum Gasteiger partial charge on any atom is -0.497 e. The summed E-state index contributed by atoms with van der Waals surface area (Å²) in [6.45, 7) is 4.17. The SMILES string of the molecule is COc1ccc(CN2C[C@@H]3CC[C@H](C2)N(C(=O)NCc2ccco2)C3)cc1. The van der Waals surface area contributed by atoms with Crippen LogP contribution in [0.2, 0.25) is 0 Å². The molecule has 0 saturated carbocycles. The van der Waals surface area contributed by atoms with Gasteiger partial charge in [0.2, 0.25) is 0 Å². The van der Waals surface area contributed by atoms with Gasteiger partial charge in [-0.2, -0.15) is 0 Å². The molecule has 1 N–H and O–H groups in total. The molecule has 0 aliphatic carbocycles. The van der Waals surface area contributed by atoms with E-state index >= 15 is 0 Å². The van der Waals surface area contributed by atoms with Gasteiger partial charge in [-0.05, 0) is 48.6 Å². The van der Waals surface area contributed by atoms with Crippen LogP contribution in [0, 0.1) is 5.92 Å². The van der Waals surface area contributed by atoms with Gasteiger partial charge in [-0.3, -0.25) is 4.90 Å². The van der Waals surface area contributed by atoms with Crippen LogP contribution < -0.4 is 10.1 Å². The van der Waals surface area contributed by atoms with Crippen molar-refractivity contribution in [2.75, 3.05) is 26.7 Å². The number of hydrogen-bond donors (Lipinski definition) is 1. The maximum absolute atomic E-state index is 12.7. The summed E-state index contributed by atoms with van der Waals surface area (Å²) >= 11 is 0. The minimum atomic E-state index is 0.0207. The van der Waals surface area contributed by atoms with E-state index < -0.39 is 0 Å². The van der Waals surface area contributed by atoms with Gasteiger partial charge in [0, 0.05) is 32.2 Å². The van der Waals surface area contributed by atoms with Crippen LogP contribution in [-0.4, -0.2) is 48.6 Å². The standard InChI is InChI=1S/C21H27N3O3/c1-26-19-8-5-16(6-9-19)12-23-13-17-4-7-18(15-23)24(14-17)21(25)22-11-20-3-2-10-27-20/h2-3,5-6,8-10,17-18H,4,7,11-15H2,1H3,(H,22,25)/t17-,18+/m0/s1. The molecule has 1 aromatic heterocycles.